The average Bonchev–Trinajstić information content (AvgIpc) is 3.19. The van der Waals surface area contributed by atoms with Gasteiger partial charge in [-0.1, -0.05) is 0 Å². The molecule has 0 aromatic heterocycles. The maximum Gasteiger partial charge on any atom is 0.252 e. The summed E-state index contributed by atoms with van der Waals surface area (Å²) in [6.45, 7) is 0.750. The Hall–Kier alpha value is -1.23. The minimum Gasteiger partial charge on any atom is -0.493 e. The first-order valence-electron chi connectivity index (χ1n) is 5.85. The molecular weight excluding hydrogens is 298 g/mol. The number of halogens is 1. The lowest BCUT2D eigenvalue weighted by Gasteiger charge is -2.12. The lowest BCUT2D eigenvalue weighted by molar-refractivity contribution is 0.0950. The van der Waals surface area contributed by atoms with Gasteiger partial charge in [-0.3, -0.25) is 4.79 Å². The van der Waals surface area contributed by atoms with Gasteiger partial charge < -0.3 is 14.8 Å². The van der Waals surface area contributed by atoms with Crippen LogP contribution in [0.25, 0.3) is 0 Å². The van der Waals surface area contributed by atoms with E-state index >= 15 is 0 Å². The van der Waals surface area contributed by atoms with E-state index in [9.17, 15) is 4.79 Å². The second-order valence-corrected chi connectivity index (χ2v) is 5.19. The van der Waals surface area contributed by atoms with Crippen LogP contribution in [0, 0.1) is 5.92 Å². The molecule has 98 valence electrons. The van der Waals surface area contributed by atoms with E-state index in [0.29, 0.717) is 27.5 Å². The first kappa shape index (κ1) is 13.2. The molecule has 1 aromatic rings. The van der Waals surface area contributed by atoms with Crippen molar-refractivity contribution < 1.29 is 14.3 Å². The van der Waals surface area contributed by atoms with Gasteiger partial charge in [0, 0.05) is 11.0 Å². The lowest BCUT2D eigenvalue weighted by Crippen LogP contribution is -2.25. The number of amides is 1. The summed E-state index contributed by atoms with van der Waals surface area (Å²) in [5.74, 6) is 1.72. The lowest BCUT2D eigenvalue weighted by atomic mass is 10.2. The quantitative estimate of drug-likeness (QED) is 0.909. The molecular formula is C13H16BrNO3. The van der Waals surface area contributed by atoms with E-state index in [1.165, 1.54) is 12.8 Å². The summed E-state index contributed by atoms with van der Waals surface area (Å²) in [4.78, 5) is 12.0. The molecule has 1 aromatic carbocycles. The fourth-order valence-corrected chi connectivity index (χ4v) is 2.18. The van der Waals surface area contributed by atoms with Crippen LogP contribution >= 0.6 is 15.9 Å². The van der Waals surface area contributed by atoms with Crippen molar-refractivity contribution in [2.45, 2.75) is 12.8 Å². The molecule has 0 bridgehead atoms. The van der Waals surface area contributed by atoms with Crippen molar-refractivity contribution in [2.75, 3.05) is 20.8 Å². The Morgan fingerprint density at radius 2 is 1.94 bits per heavy atom. The maximum atomic E-state index is 12.0. The second-order valence-electron chi connectivity index (χ2n) is 4.34. The molecule has 0 spiro atoms. The van der Waals surface area contributed by atoms with Crippen LogP contribution in [0.5, 0.6) is 11.5 Å². The van der Waals surface area contributed by atoms with Crippen LogP contribution in [-0.4, -0.2) is 26.7 Å². The SMILES string of the molecule is COc1cc(Br)c(C(=O)NCC2CC2)cc1OC. The van der Waals surface area contributed by atoms with Gasteiger partial charge in [0.25, 0.3) is 5.91 Å². The molecule has 0 atom stereocenters. The van der Waals surface area contributed by atoms with Crippen molar-refractivity contribution in [1.82, 2.24) is 5.32 Å². The summed E-state index contributed by atoms with van der Waals surface area (Å²) in [5.41, 5.74) is 0.563. The van der Waals surface area contributed by atoms with Gasteiger partial charge in [-0.25, -0.2) is 0 Å². The van der Waals surface area contributed by atoms with E-state index in [0.717, 1.165) is 6.54 Å². The summed E-state index contributed by atoms with van der Waals surface area (Å²) < 4.78 is 11.1. The Balaban J connectivity index is 2.17. The highest BCUT2D eigenvalue weighted by atomic mass is 79.9. The number of carbonyl (C=O) groups is 1. The van der Waals surface area contributed by atoms with Crippen molar-refractivity contribution in [3.05, 3.63) is 22.2 Å². The molecule has 1 aliphatic carbocycles. The molecule has 1 aliphatic rings. The standard InChI is InChI=1S/C13H16BrNO3/c1-17-11-5-9(10(14)6-12(11)18-2)13(16)15-7-8-3-4-8/h5-6,8H,3-4,7H2,1-2H3,(H,15,16). The van der Waals surface area contributed by atoms with Gasteiger partial charge in [0.2, 0.25) is 0 Å². The van der Waals surface area contributed by atoms with Gasteiger partial charge in [0.1, 0.15) is 0 Å². The normalized spacial score (nSPS) is 14.2. The molecule has 1 saturated carbocycles. The van der Waals surface area contributed by atoms with Crippen LogP contribution in [0.3, 0.4) is 0 Å². The predicted molar refractivity (Wildman–Crippen MR) is 72.3 cm³/mol. The third-order valence-corrected chi connectivity index (χ3v) is 3.62. The molecule has 0 radical (unpaired) electrons. The minimum atomic E-state index is -0.0882. The van der Waals surface area contributed by atoms with Crippen molar-refractivity contribution in [1.29, 1.82) is 0 Å². The third kappa shape index (κ3) is 2.96. The first-order valence-corrected chi connectivity index (χ1v) is 6.64. The Morgan fingerprint density at radius 3 is 2.50 bits per heavy atom. The van der Waals surface area contributed by atoms with E-state index in [4.69, 9.17) is 9.47 Å². The molecule has 0 saturated heterocycles. The van der Waals surface area contributed by atoms with E-state index in [1.807, 2.05) is 0 Å². The van der Waals surface area contributed by atoms with E-state index in [-0.39, 0.29) is 5.91 Å². The smallest absolute Gasteiger partial charge is 0.252 e. The molecule has 0 unspecified atom stereocenters. The fraction of sp³-hybridized carbons (Fsp3) is 0.462. The van der Waals surface area contributed by atoms with Crippen LogP contribution < -0.4 is 14.8 Å². The summed E-state index contributed by atoms with van der Waals surface area (Å²) in [5, 5.41) is 2.93. The largest absolute Gasteiger partial charge is 0.493 e. The van der Waals surface area contributed by atoms with Crippen LogP contribution in [-0.2, 0) is 0 Å². The van der Waals surface area contributed by atoms with Gasteiger partial charge in [0.15, 0.2) is 11.5 Å². The highest BCUT2D eigenvalue weighted by molar-refractivity contribution is 9.10. The van der Waals surface area contributed by atoms with E-state index < -0.39 is 0 Å². The topological polar surface area (TPSA) is 47.6 Å². The number of hydrogen-bond donors (Lipinski definition) is 1. The number of carbonyl (C=O) groups excluding carboxylic acids is 1. The fourth-order valence-electron chi connectivity index (χ4n) is 1.68. The van der Waals surface area contributed by atoms with Crippen molar-refractivity contribution >= 4 is 21.8 Å². The average molecular weight is 314 g/mol. The van der Waals surface area contributed by atoms with Gasteiger partial charge in [-0.05, 0) is 46.8 Å². The van der Waals surface area contributed by atoms with E-state index in [2.05, 4.69) is 21.2 Å². The minimum absolute atomic E-state index is 0.0882. The number of rotatable bonds is 5. The summed E-state index contributed by atoms with van der Waals surface area (Å²) in [6.07, 6.45) is 2.43. The molecule has 5 heteroatoms. The molecule has 4 nitrogen and oxygen atoms in total. The van der Waals surface area contributed by atoms with Crippen molar-refractivity contribution in [3.8, 4) is 11.5 Å². The third-order valence-electron chi connectivity index (χ3n) is 2.97. The first-order chi connectivity index (χ1) is 8.65. The highest BCUT2D eigenvalue weighted by Crippen LogP contribution is 2.33. The molecule has 0 heterocycles. The van der Waals surface area contributed by atoms with Crippen LogP contribution in [0.4, 0.5) is 0 Å². The number of ether oxygens (including phenoxy) is 2. The Bertz CT molecular complexity index is 458. The van der Waals surface area contributed by atoms with Crippen LogP contribution in [0.15, 0.2) is 16.6 Å². The molecule has 2 rings (SSSR count). The van der Waals surface area contributed by atoms with Gasteiger partial charge >= 0.3 is 0 Å². The van der Waals surface area contributed by atoms with Gasteiger partial charge in [0.05, 0.1) is 19.8 Å². The zero-order valence-corrected chi connectivity index (χ0v) is 12.0. The van der Waals surface area contributed by atoms with Crippen molar-refractivity contribution in [3.63, 3.8) is 0 Å². The number of hydrogen-bond acceptors (Lipinski definition) is 3. The predicted octanol–water partition coefficient (Wildman–Crippen LogP) is 2.61. The van der Waals surface area contributed by atoms with Crippen molar-refractivity contribution in [2.24, 2.45) is 5.92 Å². The molecule has 1 N–H and O–H groups in total. The summed E-state index contributed by atoms with van der Waals surface area (Å²) in [7, 11) is 3.12. The molecule has 18 heavy (non-hydrogen) atoms. The Labute approximate surface area is 115 Å². The zero-order valence-electron chi connectivity index (χ0n) is 10.5. The maximum absolute atomic E-state index is 12.0. The zero-order chi connectivity index (χ0) is 13.1. The van der Waals surface area contributed by atoms with Gasteiger partial charge in [-0.2, -0.15) is 0 Å². The second kappa shape index (κ2) is 5.61. The number of nitrogens with one attached hydrogen (secondary N) is 1. The number of benzene rings is 1. The highest BCUT2D eigenvalue weighted by Gasteiger charge is 2.23. The van der Waals surface area contributed by atoms with Crippen LogP contribution in [0.2, 0.25) is 0 Å². The molecule has 0 aliphatic heterocycles. The molecule has 1 amide bonds. The van der Waals surface area contributed by atoms with E-state index in [1.54, 1.807) is 26.4 Å². The monoisotopic (exact) mass is 313 g/mol. The molecule has 1 fully saturated rings. The summed E-state index contributed by atoms with van der Waals surface area (Å²) in [6, 6.07) is 3.43. The number of methoxy groups -OCH3 is 2. The summed E-state index contributed by atoms with van der Waals surface area (Å²) >= 11 is 3.38. The Morgan fingerprint density at radius 1 is 1.33 bits per heavy atom. The van der Waals surface area contributed by atoms with Crippen LogP contribution in [0.1, 0.15) is 23.2 Å². The Kier molecular flexibility index (Phi) is 4.11. The van der Waals surface area contributed by atoms with Gasteiger partial charge in [-0.15, -0.1) is 0 Å².